The number of carboxylic acid groups (broad SMARTS) is 1. The van der Waals surface area contributed by atoms with E-state index in [1.807, 2.05) is 13.0 Å². The number of amides is 2. The Balaban J connectivity index is 2.46. The molecule has 0 bridgehead atoms. The Morgan fingerprint density at radius 3 is 2.23 bits per heavy atom. The summed E-state index contributed by atoms with van der Waals surface area (Å²) in [5.41, 5.74) is 1.24. The van der Waals surface area contributed by atoms with Crippen molar-refractivity contribution in [3.63, 3.8) is 0 Å². The first-order valence-electron chi connectivity index (χ1n) is 8.25. The predicted molar refractivity (Wildman–Crippen MR) is 104 cm³/mol. The molecule has 0 aliphatic rings. The zero-order valence-corrected chi connectivity index (χ0v) is 16.0. The quantitative estimate of drug-likeness (QED) is 0.781. The van der Waals surface area contributed by atoms with Crippen molar-refractivity contribution in [2.75, 3.05) is 5.32 Å². The lowest BCUT2D eigenvalue weighted by molar-refractivity contribution is -0.122. The molecular formula is C20H23ClN2O3. The lowest BCUT2D eigenvalue weighted by Crippen LogP contribution is -2.50. The van der Waals surface area contributed by atoms with Gasteiger partial charge in [-0.3, -0.25) is 9.69 Å². The van der Waals surface area contributed by atoms with E-state index in [-0.39, 0.29) is 0 Å². The molecule has 2 rings (SSSR count). The summed E-state index contributed by atoms with van der Waals surface area (Å²) in [4.78, 5) is 26.2. The molecule has 1 atom stereocenters. The van der Waals surface area contributed by atoms with E-state index in [0.717, 1.165) is 5.56 Å². The van der Waals surface area contributed by atoms with E-state index >= 15 is 0 Å². The molecule has 0 aliphatic heterocycles. The summed E-state index contributed by atoms with van der Waals surface area (Å²) in [5.74, 6) is -0.418. The smallest absolute Gasteiger partial charge is 0.408 e. The third kappa shape index (κ3) is 4.55. The third-order valence-electron chi connectivity index (χ3n) is 4.00. The zero-order valence-electron chi connectivity index (χ0n) is 15.3. The zero-order chi connectivity index (χ0) is 19.5. The van der Waals surface area contributed by atoms with E-state index in [0.29, 0.717) is 16.3 Å². The third-order valence-corrected chi connectivity index (χ3v) is 4.23. The van der Waals surface area contributed by atoms with Gasteiger partial charge in [-0.2, -0.15) is 0 Å². The number of aryl methyl sites for hydroxylation is 1. The van der Waals surface area contributed by atoms with Crippen molar-refractivity contribution in [2.45, 2.75) is 39.3 Å². The molecule has 0 saturated carbocycles. The van der Waals surface area contributed by atoms with Crippen LogP contribution in [0.2, 0.25) is 5.02 Å². The number of benzene rings is 2. The highest BCUT2D eigenvalue weighted by Crippen LogP contribution is 2.30. The molecule has 2 aromatic carbocycles. The number of rotatable bonds is 4. The van der Waals surface area contributed by atoms with E-state index in [9.17, 15) is 14.7 Å². The molecule has 0 radical (unpaired) electrons. The molecule has 0 fully saturated rings. The Morgan fingerprint density at radius 1 is 1.12 bits per heavy atom. The fraction of sp³-hybridized carbons (Fsp3) is 0.300. The molecular weight excluding hydrogens is 352 g/mol. The molecule has 26 heavy (non-hydrogen) atoms. The first-order chi connectivity index (χ1) is 12.1. The van der Waals surface area contributed by atoms with Gasteiger partial charge in [0.2, 0.25) is 0 Å². The van der Waals surface area contributed by atoms with Gasteiger partial charge < -0.3 is 10.4 Å². The lowest BCUT2D eigenvalue weighted by Gasteiger charge is -2.39. The highest BCUT2D eigenvalue weighted by molar-refractivity contribution is 6.30. The minimum absolute atomic E-state index is 0.418. The van der Waals surface area contributed by atoms with Gasteiger partial charge in [-0.1, -0.05) is 41.9 Å². The molecule has 2 amide bonds. The number of carbonyl (C=O) groups excluding carboxylic acids is 1. The lowest BCUT2D eigenvalue weighted by atomic mass is 9.97. The van der Waals surface area contributed by atoms with E-state index in [2.05, 4.69) is 5.32 Å². The second kappa shape index (κ2) is 7.79. The highest BCUT2D eigenvalue weighted by atomic mass is 35.5. The molecule has 0 saturated heterocycles. The van der Waals surface area contributed by atoms with Gasteiger partial charge in [0.25, 0.3) is 5.91 Å². The minimum Gasteiger partial charge on any atom is -0.465 e. The Hall–Kier alpha value is -2.53. The van der Waals surface area contributed by atoms with E-state index in [4.69, 9.17) is 11.6 Å². The Kier molecular flexibility index (Phi) is 5.93. The van der Waals surface area contributed by atoms with Crippen molar-refractivity contribution < 1.29 is 14.7 Å². The number of nitrogens with zero attached hydrogens (tertiary/aromatic N) is 1. The van der Waals surface area contributed by atoms with Crippen molar-refractivity contribution in [3.05, 3.63) is 64.7 Å². The first kappa shape index (κ1) is 19.8. The molecule has 0 aromatic heterocycles. The summed E-state index contributed by atoms with van der Waals surface area (Å²) >= 11 is 5.97. The summed E-state index contributed by atoms with van der Waals surface area (Å²) in [7, 11) is 0. The molecule has 1 unspecified atom stereocenters. The van der Waals surface area contributed by atoms with E-state index in [1.54, 1.807) is 63.2 Å². The van der Waals surface area contributed by atoms with Gasteiger partial charge in [0.05, 0.1) is 0 Å². The van der Waals surface area contributed by atoms with Crippen LogP contribution < -0.4 is 5.32 Å². The van der Waals surface area contributed by atoms with Crippen molar-refractivity contribution in [2.24, 2.45) is 0 Å². The summed E-state index contributed by atoms with van der Waals surface area (Å²) < 4.78 is 0. The van der Waals surface area contributed by atoms with Crippen LogP contribution in [0.15, 0.2) is 48.5 Å². The monoisotopic (exact) mass is 374 g/mol. The number of halogens is 1. The molecule has 0 spiro atoms. The van der Waals surface area contributed by atoms with Crippen LogP contribution in [0.1, 0.15) is 37.9 Å². The topological polar surface area (TPSA) is 69.6 Å². The number of nitrogens with one attached hydrogen (secondary N) is 1. The maximum Gasteiger partial charge on any atom is 0.408 e. The maximum absolute atomic E-state index is 13.1. The molecule has 5 nitrogen and oxygen atoms in total. The first-order valence-corrected chi connectivity index (χ1v) is 8.63. The maximum atomic E-state index is 13.1. The standard InChI is InChI=1S/C20H23ClN2O3/c1-13-12-15(21)10-11-16(13)22-18(24)17(14-8-6-5-7-9-14)23(19(25)26)20(2,3)4/h5-12,17H,1-4H3,(H,22,24)(H,25,26). The van der Waals surface area contributed by atoms with Crippen LogP contribution in [0, 0.1) is 6.92 Å². The van der Waals surface area contributed by atoms with Crippen molar-refractivity contribution in [1.29, 1.82) is 0 Å². The minimum atomic E-state index is -1.16. The Morgan fingerprint density at radius 2 is 1.73 bits per heavy atom. The summed E-state index contributed by atoms with van der Waals surface area (Å²) in [5, 5.41) is 13.2. The van der Waals surface area contributed by atoms with Crippen LogP contribution >= 0.6 is 11.6 Å². The molecule has 0 heterocycles. The van der Waals surface area contributed by atoms with Crippen LogP contribution in [0.4, 0.5) is 10.5 Å². The Labute approximate surface area is 158 Å². The van der Waals surface area contributed by atoms with Gasteiger partial charge in [0.15, 0.2) is 0 Å². The number of hydrogen-bond donors (Lipinski definition) is 2. The normalized spacial score (nSPS) is 12.3. The van der Waals surface area contributed by atoms with Crippen LogP contribution in [0.3, 0.4) is 0 Å². The van der Waals surface area contributed by atoms with Gasteiger partial charge in [-0.15, -0.1) is 0 Å². The SMILES string of the molecule is Cc1cc(Cl)ccc1NC(=O)C(c1ccccc1)N(C(=O)O)C(C)(C)C. The van der Waals surface area contributed by atoms with Gasteiger partial charge in [-0.25, -0.2) is 4.79 Å². The molecule has 2 N–H and O–H groups in total. The van der Waals surface area contributed by atoms with E-state index in [1.165, 1.54) is 4.90 Å². The van der Waals surface area contributed by atoms with Crippen LogP contribution in [-0.2, 0) is 4.79 Å². The van der Waals surface area contributed by atoms with Crippen molar-refractivity contribution in [1.82, 2.24) is 4.90 Å². The molecule has 2 aromatic rings. The van der Waals surface area contributed by atoms with E-state index < -0.39 is 23.6 Å². The fourth-order valence-corrected chi connectivity index (χ4v) is 3.03. The second-order valence-corrected chi connectivity index (χ2v) is 7.52. The van der Waals surface area contributed by atoms with Crippen LogP contribution in [-0.4, -0.2) is 27.5 Å². The van der Waals surface area contributed by atoms with Crippen molar-refractivity contribution >= 4 is 29.3 Å². The summed E-state index contributed by atoms with van der Waals surface area (Å²) in [6.45, 7) is 7.12. The largest absolute Gasteiger partial charge is 0.465 e. The average molecular weight is 375 g/mol. The number of carbonyl (C=O) groups is 2. The predicted octanol–water partition coefficient (Wildman–Crippen LogP) is 5.11. The second-order valence-electron chi connectivity index (χ2n) is 7.09. The van der Waals surface area contributed by atoms with Crippen molar-refractivity contribution in [3.8, 4) is 0 Å². The highest BCUT2D eigenvalue weighted by Gasteiger charge is 2.38. The van der Waals surface area contributed by atoms with Gasteiger partial charge in [-0.05, 0) is 57.0 Å². The Bertz CT molecular complexity index is 800. The van der Waals surface area contributed by atoms with Crippen LogP contribution in [0.5, 0.6) is 0 Å². The summed E-state index contributed by atoms with van der Waals surface area (Å²) in [6.07, 6.45) is -1.16. The summed E-state index contributed by atoms with van der Waals surface area (Å²) in [6, 6.07) is 13.0. The molecule has 138 valence electrons. The average Bonchev–Trinajstić information content (AvgIpc) is 2.54. The molecule has 6 heteroatoms. The van der Waals surface area contributed by atoms with Gasteiger partial charge in [0, 0.05) is 16.2 Å². The number of hydrogen-bond acceptors (Lipinski definition) is 2. The van der Waals surface area contributed by atoms with Crippen LogP contribution in [0.25, 0.3) is 0 Å². The van der Waals surface area contributed by atoms with Gasteiger partial charge in [0.1, 0.15) is 6.04 Å². The van der Waals surface area contributed by atoms with Gasteiger partial charge >= 0.3 is 6.09 Å². The number of anilines is 1. The fourth-order valence-electron chi connectivity index (χ4n) is 2.81. The molecule has 0 aliphatic carbocycles.